The van der Waals surface area contributed by atoms with Crippen molar-refractivity contribution in [2.45, 2.75) is 37.7 Å². The summed E-state index contributed by atoms with van der Waals surface area (Å²) in [5.74, 6) is 0.0510. The van der Waals surface area contributed by atoms with E-state index in [4.69, 9.17) is 11.6 Å². The molecular weight excluding hydrogens is 474 g/mol. The number of nitrogens with one attached hydrogen (secondary N) is 1. The number of nitrogens with zero attached hydrogens (tertiary/aromatic N) is 2. The number of para-hydroxylation sites is 1. The molecular formula is C21H21BrClN3O2S. The van der Waals surface area contributed by atoms with Crippen molar-refractivity contribution in [2.24, 2.45) is 5.92 Å². The van der Waals surface area contributed by atoms with E-state index < -0.39 is 5.25 Å². The topological polar surface area (TPSA) is 64.0 Å². The van der Waals surface area contributed by atoms with Gasteiger partial charge >= 0.3 is 0 Å². The molecule has 0 saturated carbocycles. The third-order valence-corrected chi connectivity index (χ3v) is 6.12. The minimum absolute atomic E-state index is 0.105. The van der Waals surface area contributed by atoms with Gasteiger partial charge < -0.3 is 5.32 Å². The lowest BCUT2D eigenvalue weighted by Gasteiger charge is -2.18. The number of hydrogen-bond acceptors (Lipinski definition) is 4. The molecule has 2 aromatic carbocycles. The molecule has 0 bridgehead atoms. The zero-order valence-electron chi connectivity index (χ0n) is 16.3. The van der Waals surface area contributed by atoms with E-state index in [1.54, 1.807) is 41.8 Å². The van der Waals surface area contributed by atoms with Gasteiger partial charge in [0, 0.05) is 11.0 Å². The molecule has 3 rings (SSSR count). The Hall–Kier alpha value is -1.83. The molecule has 0 spiro atoms. The van der Waals surface area contributed by atoms with Crippen molar-refractivity contribution in [1.82, 2.24) is 9.55 Å². The molecule has 0 radical (unpaired) electrons. The third-order valence-electron chi connectivity index (χ3n) is 4.21. The van der Waals surface area contributed by atoms with Crippen LogP contribution >= 0.6 is 39.3 Å². The highest BCUT2D eigenvalue weighted by Crippen LogP contribution is 2.27. The van der Waals surface area contributed by atoms with E-state index in [9.17, 15) is 9.59 Å². The number of benzene rings is 2. The minimum atomic E-state index is -0.468. The van der Waals surface area contributed by atoms with Crippen LogP contribution in [-0.4, -0.2) is 20.7 Å². The average molecular weight is 495 g/mol. The molecule has 0 saturated heterocycles. The van der Waals surface area contributed by atoms with E-state index in [0.717, 1.165) is 4.47 Å². The first kappa shape index (κ1) is 21.9. The Morgan fingerprint density at radius 3 is 2.66 bits per heavy atom. The van der Waals surface area contributed by atoms with Crippen LogP contribution in [-0.2, 0) is 11.3 Å². The monoisotopic (exact) mass is 493 g/mol. The van der Waals surface area contributed by atoms with Crippen molar-refractivity contribution in [1.29, 1.82) is 0 Å². The zero-order chi connectivity index (χ0) is 21.1. The highest BCUT2D eigenvalue weighted by Gasteiger charge is 2.20. The van der Waals surface area contributed by atoms with E-state index in [0.29, 0.717) is 33.3 Å². The fraction of sp³-hybridized carbons (Fsp3) is 0.286. The fourth-order valence-corrected chi connectivity index (χ4v) is 4.26. The molecule has 1 atom stereocenters. The molecule has 0 fully saturated rings. The summed E-state index contributed by atoms with van der Waals surface area (Å²) in [5, 5.41) is 3.93. The maximum Gasteiger partial charge on any atom is 0.262 e. The van der Waals surface area contributed by atoms with Crippen LogP contribution in [0.15, 0.2) is 56.9 Å². The second-order valence-electron chi connectivity index (χ2n) is 7.09. The number of amides is 1. The summed E-state index contributed by atoms with van der Waals surface area (Å²) < 4.78 is 2.48. The standard InChI is InChI=1S/C21H21BrClN3O2S/c1-12(2)11-26-20(28)15-10-14(22)8-9-17(15)25-21(26)29-13(3)19(27)24-18-7-5-4-6-16(18)23/h4-10,12-13H,11H2,1-3H3,(H,24,27). The second-order valence-corrected chi connectivity index (χ2v) is 9.73. The maximum atomic E-state index is 13.1. The number of hydrogen-bond donors (Lipinski definition) is 1. The Balaban J connectivity index is 1.93. The molecule has 0 aliphatic carbocycles. The SMILES string of the molecule is CC(C)Cn1c(SC(C)C(=O)Nc2ccccc2Cl)nc2ccc(Br)cc2c1=O. The van der Waals surface area contributed by atoms with Crippen LogP contribution < -0.4 is 10.9 Å². The highest BCUT2D eigenvalue weighted by atomic mass is 79.9. The molecule has 8 heteroatoms. The summed E-state index contributed by atoms with van der Waals surface area (Å²) in [4.78, 5) is 30.5. The molecule has 0 aliphatic rings. The van der Waals surface area contributed by atoms with Crippen molar-refractivity contribution in [2.75, 3.05) is 5.32 Å². The number of carbonyl (C=O) groups is 1. The van der Waals surface area contributed by atoms with Crippen molar-refractivity contribution >= 4 is 61.8 Å². The summed E-state index contributed by atoms with van der Waals surface area (Å²) in [5.41, 5.74) is 1.06. The average Bonchev–Trinajstić information content (AvgIpc) is 2.67. The molecule has 152 valence electrons. The van der Waals surface area contributed by atoms with Gasteiger partial charge in [-0.3, -0.25) is 14.2 Å². The van der Waals surface area contributed by atoms with E-state index in [1.807, 2.05) is 26.0 Å². The predicted molar refractivity (Wildman–Crippen MR) is 124 cm³/mol. The number of carbonyl (C=O) groups excluding carboxylic acids is 1. The van der Waals surface area contributed by atoms with Crippen LogP contribution in [0.2, 0.25) is 5.02 Å². The van der Waals surface area contributed by atoms with Gasteiger partial charge in [0.1, 0.15) is 0 Å². The molecule has 3 aromatic rings. The van der Waals surface area contributed by atoms with Gasteiger partial charge in [0.2, 0.25) is 5.91 Å². The summed E-state index contributed by atoms with van der Waals surface area (Å²) >= 11 is 10.8. The molecule has 0 aliphatic heterocycles. The second kappa shape index (κ2) is 9.32. The number of aromatic nitrogens is 2. The predicted octanol–water partition coefficient (Wildman–Crippen LogP) is 5.59. The normalized spacial score (nSPS) is 12.3. The lowest BCUT2D eigenvalue weighted by molar-refractivity contribution is -0.115. The van der Waals surface area contributed by atoms with E-state index >= 15 is 0 Å². The first-order chi connectivity index (χ1) is 13.8. The number of halogens is 2. The van der Waals surface area contributed by atoms with Gasteiger partial charge in [-0.1, -0.05) is 65.3 Å². The summed E-state index contributed by atoms with van der Waals surface area (Å²) in [6.45, 7) is 6.39. The molecule has 1 aromatic heterocycles. The van der Waals surface area contributed by atoms with Gasteiger partial charge in [0.05, 0.1) is 26.9 Å². The van der Waals surface area contributed by atoms with E-state index in [-0.39, 0.29) is 17.4 Å². The lowest BCUT2D eigenvalue weighted by atomic mass is 10.2. The Morgan fingerprint density at radius 2 is 1.97 bits per heavy atom. The Bertz CT molecular complexity index is 1120. The molecule has 5 nitrogen and oxygen atoms in total. The molecule has 1 unspecified atom stereocenters. The lowest BCUT2D eigenvalue weighted by Crippen LogP contribution is -2.28. The van der Waals surface area contributed by atoms with Gasteiger partial charge in [0.25, 0.3) is 5.56 Å². The Labute approximate surface area is 187 Å². The Morgan fingerprint density at radius 1 is 1.24 bits per heavy atom. The third kappa shape index (κ3) is 5.21. The van der Waals surface area contributed by atoms with Gasteiger partial charge in [-0.2, -0.15) is 0 Å². The van der Waals surface area contributed by atoms with Crippen LogP contribution in [0.1, 0.15) is 20.8 Å². The molecule has 29 heavy (non-hydrogen) atoms. The Kier molecular flexibility index (Phi) is 7.03. The van der Waals surface area contributed by atoms with Crippen LogP contribution in [0.4, 0.5) is 5.69 Å². The molecule has 1 heterocycles. The quantitative estimate of drug-likeness (QED) is 0.358. The summed E-state index contributed by atoms with van der Waals surface area (Å²) in [6, 6.07) is 12.5. The van der Waals surface area contributed by atoms with Crippen LogP contribution in [0.5, 0.6) is 0 Å². The number of fused-ring (bicyclic) bond motifs is 1. The van der Waals surface area contributed by atoms with Crippen molar-refractivity contribution in [3.8, 4) is 0 Å². The van der Waals surface area contributed by atoms with Gasteiger partial charge in [-0.25, -0.2) is 4.98 Å². The van der Waals surface area contributed by atoms with Gasteiger partial charge in [-0.05, 0) is 43.2 Å². The molecule has 1 N–H and O–H groups in total. The number of thioether (sulfide) groups is 1. The summed E-state index contributed by atoms with van der Waals surface area (Å²) in [7, 11) is 0. The highest BCUT2D eigenvalue weighted by molar-refractivity contribution is 9.10. The van der Waals surface area contributed by atoms with Gasteiger partial charge in [0.15, 0.2) is 5.16 Å². The van der Waals surface area contributed by atoms with Crippen molar-refractivity contribution in [3.05, 3.63) is 62.3 Å². The smallest absolute Gasteiger partial charge is 0.262 e. The van der Waals surface area contributed by atoms with Crippen LogP contribution in [0.3, 0.4) is 0 Å². The van der Waals surface area contributed by atoms with Crippen molar-refractivity contribution < 1.29 is 4.79 Å². The van der Waals surface area contributed by atoms with E-state index in [1.165, 1.54) is 11.8 Å². The minimum Gasteiger partial charge on any atom is -0.324 e. The van der Waals surface area contributed by atoms with Gasteiger partial charge in [-0.15, -0.1) is 0 Å². The molecule has 1 amide bonds. The van der Waals surface area contributed by atoms with Crippen molar-refractivity contribution in [3.63, 3.8) is 0 Å². The fourth-order valence-electron chi connectivity index (χ4n) is 2.80. The van der Waals surface area contributed by atoms with Crippen LogP contribution in [0, 0.1) is 5.92 Å². The largest absolute Gasteiger partial charge is 0.324 e. The van der Waals surface area contributed by atoms with E-state index in [2.05, 4.69) is 26.2 Å². The first-order valence-corrected chi connectivity index (χ1v) is 11.2. The zero-order valence-corrected chi connectivity index (χ0v) is 19.4. The number of anilines is 1. The number of rotatable bonds is 6. The van der Waals surface area contributed by atoms with Crippen LogP contribution in [0.25, 0.3) is 10.9 Å². The maximum absolute atomic E-state index is 13.1. The summed E-state index contributed by atoms with van der Waals surface area (Å²) in [6.07, 6.45) is 0. The first-order valence-electron chi connectivity index (χ1n) is 9.18.